The number of aromatic nitrogens is 3. The molecule has 0 bridgehead atoms. The minimum atomic E-state index is -1.25. The molecule has 0 saturated carbocycles. The van der Waals surface area contributed by atoms with Crippen molar-refractivity contribution in [3.8, 4) is 11.1 Å². The number of hydrogen-bond donors (Lipinski definition) is 2. The van der Waals surface area contributed by atoms with Crippen LogP contribution in [0.3, 0.4) is 0 Å². The largest absolute Gasteiger partial charge is 0.477 e. The topological polar surface area (TPSA) is 95.9 Å². The maximum atomic E-state index is 11.6. The van der Waals surface area contributed by atoms with E-state index in [0.717, 1.165) is 5.56 Å². The lowest BCUT2D eigenvalue weighted by molar-refractivity contribution is 0.0695. The van der Waals surface area contributed by atoms with Crippen molar-refractivity contribution >= 4 is 5.97 Å². The summed E-state index contributed by atoms with van der Waals surface area (Å²) in [5.74, 6) is -1.25. The zero-order chi connectivity index (χ0) is 13.1. The number of H-pyrrole nitrogens is 1. The van der Waals surface area contributed by atoms with Gasteiger partial charge in [-0.15, -0.1) is 0 Å². The first-order valence-corrected chi connectivity index (χ1v) is 5.40. The van der Waals surface area contributed by atoms with Gasteiger partial charge in [-0.25, -0.2) is 4.79 Å². The molecule has 0 unspecified atom stereocenters. The summed E-state index contributed by atoms with van der Waals surface area (Å²) in [6, 6.07) is 3.09. The van der Waals surface area contributed by atoms with E-state index in [1.807, 2.05) is 6.92 Å². The van der Waals surface area contributed by atoms with Crippen molar-refractivity contribution in [1.82, 2.24) is 15.2 Å². The molecule has 0 spiro atoms. The second-order valence-corrected chi connectivity index (χ2v) is 3.69. The van der Waals surface area contributed by atoms with E-state index in [-0.39, 0.29) is 5.56 Å². The van der Waals surface area contributed by atoms with Crippen LogP contribution in [0.2, 0.25) is 0 Å². The van der Waals surface area contributed by atoms with Gasteiger partial charge in [0, 0.05) is 16.8 Å². The molecule has 2 aromatic rings. The summed E-state index contributed by atoms with van der Waals surface area (Å²) in [7, 11) is 0. The fourth-order valence-electron chi connectivity index (χ4n) is 1.71. The van der Waals surface area contributed by atoms with Gasteiger partial charge < -0.3 is 10.1 Å². The molecular weight excluding hydrogens is 234 g/mol. The molecule has 2 rings (SSSR count). The maximum absolute atomic E-state index is 11.6. The van der Waals surface area contributed by atoms with Crippen LogP contribution in [0.5, 0.6) is 0 Å². The van der Waals surface area contributed by atoms with Crippen LogP contribution in [-0.2, 0) is 6.42 Å². The smallest absolute Gasteiger partial charge is 0.341 e. The number of carboxylic acids is 1. The fraction of sp³-hybridized carbons (Fsp3) is 0.167. The summed E-state index contributed by atoms with van der Waals surface area (Å²) in [6.45, 7) is 1.88. The molecule has 0 aromatic carbocycles. The van der Waals surface area contributed by atoms with Gasteiger partial charge >= 0.3 is 5.97 Å². The van der Waals surface area contributed by atoms with Gasteiger partial charge in [-0.05, 0) is 18.6 Å². The van der Waals surface area contributed by atoms with Crippen LogP contribution in [0.1, 0.15) is 23.0 Å². The van der Waals surface area contributed by atoms with Crippen molar-refractivity contribution < 1.29 is 9.90 Å². The molecule has 2 aromatic heterocycles. The average Bonchev–Trinajstić information content (AvgIpc) is 2.39. The van der Waals surface area contributed by atoms with E-state index >= 15 is 0 Å². The summed E-state index contributed by atoms with van der Waals surface area (Å²) < 4.78 is 0. The van der Waals surface area contributed by atoms with Gasteiger partial charge in [0.1, 0.15) is 5.56 Å². The molecule has 0 amide bonds. The van der Waals surface area contributed by atoms with Crippen LogP contribution >= 0.6 is 0 Å². The Morgan fingerprint density at radius 2 is 2.22 bits per heavy atom. The number of nitrogens with one attached hydrogen (secondary N) is 1. The Hall–Kier alpha value is -2.50. The SMILES string of the molecule is CCc1[nH]c(=O)c(C(=O)O)cc1-c1ccnnc1. The highest BCUT2D eigenvalue weighted by Gasteiger charge is 2.14. The summed E-state index contributed by atoms with van der Waals surface area (Å²) in [5, 5.41) is 16.4. The molecule has 0 atom stereocenters. The second kappa shape index (κ2) is 4.79. The van der Waals surface area contributed by atoms with Gasteiger partial charge in [0.15, 0.2) is 0 Å². The monoisotopic (exact) mass is 245 g/mol. The first-order chi connectivity index (χ1) is 8.63. The second-order valence-electron chi connectivity index (χ2n) is 3.69. The minimum absolute atomic E-state index is 0.279. The van der Waals surface area contributed by atoms with Crippen LogP contribution in [0, 0.1) is 0 Å². The molecule has 0 fully saturated rings. The van der Waals surface area contributed by atoms with E-state index in [9.17, 15) is 9.59 Å². The number of carboxylic acid groups (broad SMARTS) is 1. The lowest BCUT2D eigenvalue weighted by atomic mass is 10.0. The minimum Gasteiger partial charge on any atom is -0.477 e. The van der Waals surface area contributed by atoms with Gasteiger partial charge in [-0.3, -0.25) is 4.79 Å². The lowest BCUT2D eigenvalue weighted by Crippen LogP contribution is -2.19. The van der Waals surface area contributed by atoms with Crippen molar-refractivity contribution in [3.05, 3.63) is 46.1 Å². The van der Waals surface area contributed by atoms with Gasteiger partial charge in [-0.1, -0.05) is 6.92 Å². The number of aromatic amines is 1. The summed E-state index contributed by atoms with van der Waals surface area (Å²) in [6.07, 6.45) is 3.63. The molecule has 2 N–H and O–H groups in total. The highest BCUT2D eigenvalue weighted by molar-refractivity contribution is 5.89. The molecule has 0 radical (unpaired) electrons. The number of hydrogen-bond acceptors (Lipinski definition) is 4. The molecule has 92 valence electrons. The van der Waals surface area contributed by atoms with Crippen molar-refractivity contribution in [3.63, 3.8) is 0 Å². The number of carbonyl (C=O) groups is 1. The van der Waals surface area contributed by atoms with Crippen LogP contribution in [0.4, 0.5) is 0 Å². The van der Waals surface area contributed by atoms with Crippen LogP contribution in [-0.4, -0.2) is 26.3 Å². The molecule has 0 aliphatic heterocycles. The quantitative estimate of drug-likeness (QED) is 0.843. The predicted molar refractivity (Wildman–Crippen MR) is 64.4 cm³/mol. The van der Waals surface area contributed by atoms with E-state index in [0.29, 0.717) is 17.7 Å². The molecule has 18 heavy (non-hydrogen) atoms. The first kappa shape index (κ1) is 12.0. The van der Waals surface area contributed by atoms with Crippen LogP contribution in [0.15, 0.2) is 29.3 Å². The molecular formula is C12H11N3O3. The van der Waals surface area contributed by atoms with Gasteiger partial charge in [-0.2, -0.15) is 10.2 Å². The third-order valence-corrected chi connectivity index (χ3v) is 2.60. The third-order valence-electron chi connectivity index (χ3n) is 2.60. The molecule has 0 saturated heterocycles. The fourth-order valence-corrected chi connectivity index (χ4v) is 1.71. The molecule has 0 aliphatic rings. The number of nitrogens with zero attached hydrogens (tertiary/aromatic N) is 2. The normalized spacial score (nSPS) is 10.3. The van der Waals surface area contributed by atoms with E-state index < -0.39 is 11.5 Å². The van der Waals surface area contributed by atoms with Crippen molar-refractivity contribution in [1.29, 1.82) is 0 Å². The van der Waals surface area contributed by atoms with E-state index in [1.165, 1.54) is 18.5 Å². The van der Waals surface area contributed by atoms with Gasteiger partial charge in [0.05, 0.1) is 12.4 Å². The predicted octanol–water partition coefficient (Wildman–Crippen LogP) is 1.09. The van der Waals surface area contributed by atoms with E-state index in [2.05, 4.69) is 15.2 Å². The van der Waals surface area contributed by atoms with E-state index in [1.54, 1.807) is 6.07 Å². The highest BCUT2D eigenvalue weighted by Crippen LogP contribution is 2.21. The Kier molecular flexibility index (Phi) is 3.18. The van der Waals surface area contributed by atoms with Crippen molar-refractivity contribution in [2.75, 3.05) is 0 Å². The Bertz CT molecular complexity index is 635. The summed E-state index contributed by atoms with van der Waals surface area (Å²) in [4.78, 5) is 25.1. The summed E-state index contributed by atoms with van der Waals surface area (Å²) in [5.41, 5.74) is 1.19. The number of pyridine rings is 1. The zero-order valence-electron chi connectivity index (χ0n) is 9.67. The average molecular weight is 245 g/mol. The standard InChI is InChI=1S/C12H11N3O3/c1-2-10-8(7-3-4-13-14-6-7)5-9(12(17)18)11(16)15-10/h3-6H,2H2,1H3,(H,15,16)(H,17,18). The van der Waals surface area contributed by atoms with Crippen molar-refractivity contribution in [2.24, 2.45) is 0 Å². The highest BCUT2D eigenvalue weighted by atomic mass is 16.4. The van der Waals surface area contributed by atoms with Crippen molar-refractivity contribution in [2.45, 2.75) is 13.3 Å². The maximum Gasteiger partial charge on any atom is 0.341 e. The summed E-state index contributed by atoms with van der Waals surface area (Å²) >= 11 is 0. The number of aryl methyl sites for hydroxylation is 1. The Morgan fingerprint density at radius 3 is 2.78 bits per heavy atom. The number of aromatic carboxylic acids is 1. The van der Waals surface area contributed by atoms with Crippen LogP contribution < -0.4 is 5.56 Å². The molecule has 0 aliphatic carbocycles. The molecule has 6 heteroatoms. The third kappa shape index (κ3) is 2.13. The Labute approximate surface area is 102 Å². The first-order valence-electron chi connectivity index (χ1n) is 5.40. The molecule has 6 nitrogen and oxygen atoms in total. The Morgan fingerprint density at radius 1 is 1.44 bits per heavy atom. The Balaban J connectivity index is 2.69. The lowest BCUT2D eigenvalue weighted by Gasteiger charge is -2.08. The van der Waals surface area contributed by atoms with Crippen LogP contribution in [0.25, 0.3) is 11.1 Å². The van der Waals surface area contributed by atoms with Gasteiger partial charge in [0.2, 0.25) is 0 Å². The molecule has 2 heterocycles. The van der Waals surface area contributed by atoms with E-state index in [4.69, 9.17) is 5.11 Å². The van der Waals surface area contributed by atoms with Gasteiger partial charge in [0.25, 0.3) is 5.56 Å². The zero-order valence-corrected chi connectivity index (χ0v) is 9.67. The number of rotatable bonds is 3.